The Bertz CT molecular complexity index is 782. The van der Waals surface area contributed by atoms with Crippen LogP contribution in [0, 0.1) is 0 Å². The van der Waals surface area contributed by atoms with Crippen molar-refractivity contribution >= 4 is 17.3 Å². The number of aromatic nitrogens is 2. The van der Waals surface area contributed by atoms with E-state index in [2.05, 4.69) is 15.3 Å². The molecule has 1 aromatic carbocycles. The summed E-state index contributed by atoms with van der Waals surface area (Å²) in [5.41, 5.74) is 1.87. The van der Waals surface area contributed by atoms with E-state index in [1.165, 1.54) is 6.20 Å². The van der Waals surface area contributed by atoms with Crippen molar-refractivity contribution in [3.05, 3.63) is 64.8 Å². The summed E-state index contributed by atoms with van der Waals surface area (Å²) in [5.74, 6) is 0. The molecule has 3 rings (SSSR count). The lowest BCUT2D eigenvalue weighted by atomic mass is 9.99. The van der Waals surface area contributed by atoms with Crippen LogP contribution >= 0.6 is 0 Å². The zero-order chi connectivity index (χ0) is 16.2. The number of aromatic amines is 1. The summed E-state index contributed by atoms with van der Waals surface area (Å²) in [5, 5.41) is 2.88. The average Bonchev–Trinajstić information content (AvgIpc) is 2.56. The van der Waals surface area contributed by atoms with Crippen LogP contribution < -0.4 is 10.9 Å². The number of para-hydroxylation sites is 1. The Morgan fingerprint density at radius 1 is 1.35 bits per heavy atom. The third-order valence-corrected chi connectivity index (χ3v) is 3.88. The quantitative estimate of drug-likeness (QED) is 0.894. The van der Waals surface area contributed by atoms with E-state index in [0.29, 0.717) is 18.7 Å². The first-order valence-corrected chi connectivity index (χ1v) is 7.51. The van der Waals surface area contributed by atoms with E-state index in [9.17, 15) is 9.59 Å². The second-order valence-electron chi connectivity index (χ2n) is 5.50. The number of rotatable bonds is 2. The van der Waals surface area contributed by atoms with Gasteiger partial charge in [0, 0.05) is 30.7 Å². The third-order valence-electron chi connectivity index (χ3n) is 3.88. The topological polar surface area (TPSA) is 78.1 Å². The van der Waals surface area contributed by atoms with Crippen molar-refractivity contribution in [2.75, 3.05) is 11.9 Å². The maximum absolute atomic E-state index is 12.4. The molecule has 0 aliphatic carbocycles. The Labute approximate surface area is 133 Å². The van der Waals surface area contributed by atoms with E-state index >= 15 is 0 Å². The second-order valence-corrected chi connectivity index (χ2v) is 5.50. The summed E-state index contributed by atoms with van der Waals surface area (Å²) in [6.07, 6.45) is 5.57. The van der Waals surface area contributed by atoms with E-state index in [0.717, 1.165) is 11.3 Å². The average molecular weight is 310 g/mol. The number of amides is 2. The zero-order valence-corrected chi connectivity index (χ0v) is 12.8. The van der Waals surface area contributed by atoms with Crippen molar-refractivity contribution in [3.63, 3.8) is 0 Å². The van der Waals surface area contributed by atoms with Crippen molar-refractivity contribution < 1.29 is 4.79 Å². The van der Waals surface area contributed by atoms with Crippen molar-refractivity contribution in [3.8, 4) is 0 Å². The Kier molecular flexibility index (Phi) is 4.23. The van der Waals surface area contributed by atoms with Gasteiger partial charge in [-0.15, -0.1) is 0 Å². The molecule has 0 spiro atoms. The number of nitrogens with one attached hydrogen (secondary N) is 2. The van der Waals surface area contributed by atoms with Crippen LogP contribution in [0.25, 0.3) is 5.57 Å². The molecule has 6 heteroatoms. The standard InChI is InChI=1S/C17H18N4O2/c1-12-11-13(15-16(22)19-9-8-18-15)7-10-21(12)17(23)20-14-5-3-2-4-6-14/h2-9,12H,10-11H2,1H3,(H,19,22)(H,20,23)/t12-/m0/s1. The van der Waals surface area contributed by atoms with Gasteiger partial charge in [0.1, 0.15) is 5.69 Å². The molecule has 0 saturated heterocycles. The maximum Gasteiger partial charge on any atom is 0.322 e. The van der Waals surface area contributed by atoms with Crippen LogP contribution in [-0.2, 0) is 0 Å². The monoisotopic (exact) mass is 310 g/mol. The van der Waals surface area contributed by atoms with Gasteiger partial charge < -0.3 is 15.2 Å². The highest BCUT2D eigenvalue weighted by Gasteiger charge is 2.25. The zero-order valence-electron chi connectivity index (χ0n) is 12.8. The summed E-state index contributed by atoms with van der Waals surface area (Å²) in [7, 11) is 0. The lowest BCUT2D eigenvalue weighted by Crippen LogP contribution is -2.44. The summed E-state index contributed by atoms with van der Waals surface area (Å²) in [6, 6.07) is 9.19. The van der Waals surface area contributed by atoms with Gasteiger partial charge in [0.05, 0.1) is 0 Å². The second kappa shape index (κ2) is 6.48. The van der Waals surface area contributed by atoms with Gasteiger partial charge in [0.2, 0.25) is 0 Å². The van der Waals surface area contributed by atoms with E-state index in [1.54, 1.807) is 11.1 Å². The fourth-order valence-electron chi connectivity index (χ4n) is 2.67. The number of hydrogen-bond acceptors (Lipinski definition) is 3. The minimum absolute atomic E-state index is 0.0138. The predicted molar refractivity (Wildman–Crippen MR) is 89.1 cm³/mol. The lowest BCUT2D eigenvalue weighted by Gasteiger charge is -2.32. The molecule has 0 unspecified atom stereocenters. The summed E-state index contributed by atoms with van der Waals surface area (Å²) in [4.78, 5) is 32.7. The first-order valence-electron chi connectivity index (χ1n) is 7.51. The van der Waals surface area contributed by atoms with Gasteiger partial charge in [-0.25, -0.2) is 9.78 Å². The van der Waals surface area contributed by atoms with Crippen LogP contribution in [0.1, 0.15) is 19.0 Å². The lowest BCUT2D eigenvalue weighted by molar-refractivity contribution is 0.198. The Morgan fingerprint density at radius 2 is 2.13 bits per heavy atom. The van der Waals surface area contributed by atoms with E-state index in [-0.39, 0.29) is 17.6 Å². The number of benzene rings is 1. The van der Waals surface area contributed by atoms with Crippen molar-refractivity contribution in [2.45, 2.75) is 19.4 Å². The Morgan fingerprint density at radius 3 is 2.83 bits per heavy atom. The smallest absolute Gasteiger partial charge is 0.322 e. The van der Waals surface area contributed by atoms with Crippen LogP contribution in [0.4, 0.5) is 10.5 Å². The first kappa shape index (κ1) is 15.0. The minimum Gasteiger partial charge on any atom is -0.326 e. The van der Waals surface area contributed by atoms with Crippen LogP contribution in [-0.4, -0.2) is 33.5 Å². The molecule has 1 aliphatic rings. The number of anilines is 1. The van der Waals surface area contributed by atoms with E-state index < -0.39 is 0 Å². The Hall–Kier alpha value is -2.89. The van der Waals surface area contributed by atoms with Gasteiger partial charge in [-0.05, 0) is 31.1 Å². The number of hydrogen-bond donors (Lipinski definition) is 2. The molecule has 2 aromatic rings. The molecule has 0 saturated carbocycles. The molecule has 23 heavy (non-hydrogen) atoms. The molecule has 2 N–H and O–H groups in total. The van der Waals surface area contributed by atoms with Crippen molar-refractivity contribution in [1.29, 1.82) is 0 Å². The molecule has 118 valence electrons. The van der Waals surface area contributed by atoms with Gasteiger partial charge >= 0.3 is 6.03 Å². The van der Waals surface area contributed by atoms with Crippen molar-refractivity contribution in [1.82, 2.24) is 14.9 Å². The summed E-state index contributed by atoms with van der Waals surface area (Å²) >= 11 is 0. The molecule has 2 amide bonds. The highest BCUT2D eigenvalue weighted by molar-refractivity contribution is 5.90. The fourth-order valence-corrected chi connectivity index (χ4v) is 2.67. The fraction of sp³-hybridized carbons (Fsp3) is 0.235. The minimum atomic E-state index is -0.201. The van der Waals surface area contributed by atoms with E-state index in [4.69, 9.17) is 0 Å². The number of H-pyrrole nitrogens is 1. The van der Waals surface area contributed by atoms with Crippen LogP contribution in [0.5, 0.6) is 0 Å². The molecule has 0 fully saturated rings. The van der Waals surface area contributed by atoms with Gasteiger partial charge in [0.25, 0.3) is 5.56 Å². The summed E-state index contributed by atoms with van der Waals surface area (Å²) < 4.78 is 0. The Balaban J connectivity index is 1.74. The molecular weight excluding hydrogens is 292 g/mol. The SMILES string of the molecule is C[C@H]1CC(c2ncc[nH]c2=O)=CCN1C(=O)Nc1ccccc1. The van der Waals surface area contributed by atoms with Crippen LogP contribution in [0.2, 0.25) is 0 Å². The molecule has 6 nitrogen and oxygen atoms in total. The molecule has 2 heterocycles. The number of urea groups is 1. The van der Waals surface area contributed by atoms with Gasteiger partial charge in [-0.1, -0.05) is 24.3 Å². The normalized spacial score (nSPS) is 17.5. The highest BCUT2D eigenvalue weighted by Crippen LogP contribution is 2.23. The van der Waals surface area contributed by atoms with Crippen molar-refractivity contribution in [2.24, 2.45) is 0 Å². The maximum atomic E-state index is 12.4. The van der Waals surface area contributed by atoms with Gasteiger partial charge in [0.15, 0.2) is 0 Å². The molecular formula is C17H18N4O2. The first-order chi connectivity index (χ1) is 11.1. The molecule has 1 atom stereocenters. The predicted octanol–water partition coefficient (Wildman–Crippen LogP) is 2.48. The summed E-state index contributed by atoms with van der Waals surface area (Å²) in [6.45, 7) is 2.42. The molecule has 0 radical (unpaired) electrons. The third kappa shape index (κ3) is 3.31. The number of carbonyl (C=O) groups is 1. The van der Waals surface area contributed by atoms with Gasteiger partial charge in [-0.2, -0.15) is 0 Å². The highest BCUT2D eigenvalue weighted by atomic mass is 16.2. The number of nitrogens with zero attached hydrogens (tertiary/aromatic N) is 2. The molecule has 1 aliphatic heterocycles. The van der Waals surface area contributed by atoms with Gasteiger partial charge in [-0.3, -0.25) is 4.79 Å². The number of carbonyl (C=O) groups excluding carboxylic acids is 1. The largest absolute Gasteiger partial charge is 0.326 e. The molecule has 1 aromatic heterocycles. The van der Waals surface area contributed by atoms with Crippen LogP contribution in [0.3, 0.4) is 0 Å². The molecule has 0 bridgehead atoms. The van der Waals surface area contributed by atoms with Crippen LogP contribution in [0.15, 0.2) is 53.6 Å². The van der Waals surface area contributed by atoms with E-state index in [1.807, 2.05) is 43.3 Å².